The van der Waals surface area contributed by atoms with Crippen molar-refractivity contribution in [2.45, 2.75) is 45.4 Å². The number of nitrogens with zero attached hydrogens (tertiary/aromatic N) is 4. The van der Waals surface area contributed by atoms with Crippen LogP contribution in [0.15, 0.2) is 35.6 Å². The summed E-state index contributed by atoms with van der Waals surface area (Å²) in [5, 5.41) is 11.1. The maximum absolute atomic E-state index is 6.00. The summed E-state index contributed by atoms with van der Waals surface area (Å²) in [5.41, 5.74) is 1.14. The molecular formula is C18H26N6O. The Morgan fingerprint density at radius 3 is 3.08 bits per heavy atom. The average Bonchev–Trinajstić information content (AvgIpc) is 3.08. The van der Waals surface area contributed by atoms with Crippen LogP contribution in [0.2, 0.25) is 0 Å². The third kappa shape index (κ3) is 4.49. The van der Waals surface area contributed by atoms with Crippen LogP contribution in [-0.4, -0.2) is 46.5 Å². The van der Waals surface area contributed by atoms with Crippen LogP contribution in [0.3, 0.4) is 0 Å². The number of aryl methyl sites for hydroxylation is 2. The fourth-order valence-electron chi connectivity index (χ4n) is 2.93. The minimum absolute atomic E-state index is 0.0351. The number of hydrogen-bond donors (Lipinski definition) is 2. The standard InChI is InChI=1S/C18H26N6O/c1-13-6-4-5-7-16(13)25-14(2)10-20-18(19-3)23-15-8-9-17-21-12-22-24(17)11-15/h4-7,12,14-15H,8-11H2,1-3H3,(H2,19,20,23). The molecule has 2 aromatic rings. The van der Waals surface area contributed by atoms with E-state index in [1.807, 2.05) is 22.9 Å². The molecule has 134 valence electrons. The summed E-state index contributed by atoms with van der Waals surface area (Å²) >= 11 is 0. The van der Waals surface area contributed by atoms with E-state index >= 15 is 0 Å². The number of rotatable bonds is 5. The second kappa shape index (κ2) is 8.00. The van der Waals surface area contributed by atoms with Gasteiger partial charge in [-0.05, 0) is 31.9 Å². The zero-order valence-electron chi connectivity index (χ0n) is 15.1. The number of nitrogens with one attached hydrogen (secondary N) is 2. The number of ether oxygens (including phenoxy) is 1. The first-order valence-electron chi connectivity index (χ1n) is 8.72. The van der Waals surface area contributed by atoms with Crippen LogP contribution in [0.5, 0.6) is 5.75 Å². The van der Waals surface area contributed by atoms with Gasteiger partial charge in [0.05, 0.1) is 13.1 Å². The van der Waals surface area contributed by atoms with Crippen molar-refractivity contribution in [2.24, 2.45) is 4.99 Å². The van der Waals surface area contributed by atoms with Crippen molar-refractivity contribution < 1.29 is 4.74 Å². The fourth-order valence-corrected chi connectivity index (χ4v) is 2.93. The molecule has 0 spiro atoms. The van der Waals surface area contributed by atoms with E-state index in [9.17, 15) is 0 Å². The van der Waals surface area contributed by atoms with Crippen molar-refractivity contribution in [3.63, 3.8) is 0 Å². The Balaban J connectivity index is 1.47. The van der Waals surface area contributed by atoms with Gasteiger partial charge in [-0.25, -0.2) is 9.67 Å². The number of aromatic nitrogens is 3. The van der Waals surface area contributed by atoms with Crippen molar-refractivity contribution >= 4 is 5.96 Å². The molecule has 0 radical (unpaired) electrons. The molecule has 2 atom stereocenters. The quantitative estimate of drug-likeness (QED) is 0.637. The van der Waals surface area contributed by atoms with Crippen LogP contribution in [0.1, 0.15) is 24.7 Å². The van der Waals surface area contributed by atoms with E-state index in [0.29, 0.717) is 12.6 Å². The average molecular weight is 342 g/mol. The maximum Gasteiger partial charge on any atom is 0.191 e. The molecular weight excluding hydrogens is 316 g/mol. The molecule has 7 heteroatoms. The molecule has 2 unspecified atom stereocenters. The number of guanidine groups is 1. The molecule has 0 amide bonds. The molecule has 25 heavy (non-hydrogen) atoms. The van der Waals surface area contributed by atoms with Crippen LogP contribution in [0.4, 0.5) is 0 Å². The van der Waals surface area contributed by atoms with Crippen molar-refractivity contribution in [3.8, 4) is 5.75 Å². The predicted octanol–water partition coefficient (Wildman–Crippen LogP) is 1.53. The van der Waals surface area contributed by atoms with Crippen LogP contribution >= 0.6 is 0 Å². The SMILES string of the molecule is CN=C(NCC(C)Oc1ccccc1C)NC1CCc2ncnn2C1. The maximum atomic E-state index is 6.00. The van der Waals surface area contributed by atoms with Gasteiger partial charge in [-0.2, -0.15) is 5.10 Å². The minimum Gasteiger partial charge on any atom is -0.489 e. The van der Waals surface area contributed by atoms with E-state index in [1.54, 1.807) is 13.4 Å². The minimum atomic E-state index is 0.0351. The Labute approximate surface area is 148 Å². The molecule has 0 saturated heterocycles. The fraction of sp³-hybridized carbons (Fsp3) is 0.500. The largest absolute Gasteiger partial charge is 0.489 e. The third-order valence-corrected chi connectivity index (χ3v) is 4.35. The highest BCUT2D eigenvalue weighted by atomic mass is 16.5. The van der Waals surface area contributed by atoms with Crippen molar-refractivity contribution in [3.05, 3.63) is 42.0 Å². The lowest BCUT2D eigenvalue weighted by atomic mass is 10.1. The normalized spacial score (nSPS) is 18.4. The lowest BCUT2D eigenvalue weighted by Crippen LogP contribution is -2.48. The van der Waals surface area contributed by atoms with Crippen LogP contribution < -0.4 is 15.4 Å². The molecule has 2 heterocycles. The van der Waals surface area contributed by atoms with E-state index in [1.165, 1.54) is 0 Å². The first-order chi connectivity index (χ1) is 12.2. The molecule has 0 bridgehead atoms. The van der Waals surface area contributed by atoms with E-state index < -0.39 is 0 Å². The number of para-hydroxylation sites is 1. The monoisotopic (exact) mass is 342 g/mol. The lowest BCUT2D eigenvalue weighted by Gasteiger charge is -2.26. The zero-order chi connectivity index (χ0) is 17.6. The van der Waals surface area contributed by atoms with Crippen LogP contribution in [-0.2, 0) is 13.0 Å². The number of aliphatic imine (C=N–C) groups is 1. The van der Waals surface area contributed by atoms with Crippen molar-refractivity contribution in [1.29, 1.82) is 0 Å². The highest BCUT2D eigenvalue weighted by Gasteiger charge is 2.20. The van der Waals surface area contributed by atoms with Crippen molar-refractivity contribution in [1.82, 2.24) is 25.4 Å². The highest BCUT2D eigenvalue weighted by Crippen LogP contribution is 2.17. The lowest BCUT2D eigenvalue weighted by molar-refractivity contribution is 0.222. The van der Waals surface area contributed by atoms with E-state index in [2.05, 4.69) is 45.6 Å². The summed E-state index contributed by atoms with van der Waals surface area (Å²) in [4.78, 5) is 8.57. The van der Waals surface area contributed by atoms with Crippen molar-refractivity contribution in [2.75, 3.05) is 13.6 Å². The summed E-state index contributed by atoms with van der Waals surface area (Å²) in [6.07, 6.45) is 3.61. The van der Waals surface area contributed by atoms with E-state index in [-0.39, 0.29) is 6.10 Å². The molecule has 2 N–H and O–H groups in total. The Kier molecular flexibility index (Phi) is 5.53. The molecule has 0 saturated carbocycles. The molecule has 7 nitrogen and oxygen atoms in total. The smallest absolute Gasteiger partial charge is 0.191 e. The molecule has 0 aliphatic carbocycles. The first kappa shape index (κ1) is 17.3. The Morgan fingerprint density at radius 1 is 1.44 bits per heavy atom. The van der Waals surface area contributed by atoms with Gasteiger partial charge in [0.25, 0.3) is 0 Å². The van der Waals surface area contributed by atoms with Gasteiger partial charge in [0.2, 0.25) is 0 Å². The molecule has 1 aliphatic rings. The Hall–Kier alpha value is -2.57. The van der Waals surface area contributed by atoms with Gasteiger partial charge in [0.1, 0.15) is 24.0 Å². The summed E-state index contributed by atoms with van der Waals surface area (Å²) in [6, 6.07) is 8.35. The highest BCUT2D eigenvalue weighted by molar-refractivity contribution is 5.80. The zero-order valence-corrected chi connectivity index (χ0v) is 15.1. The Morgan fingerprint density at radius 2 is 2.28 bits per heavy atom. The number of benzene rings is 1. The summed E-state index contributed by atoms with van der Waals surface area (Å²) < 4.78 is 7.96. The van der Waals surface area contributed by atoms with E-state index in [0.717, 1.165) is 42.5 Å². The third-order valence-electron chi connectivity index (χ3n) is 4.35. The summed E-state index contributed by atoms with van der Waals surface area (Å²) in [6.45, 7) is 5.59. The first-order valence-corrected chi connectivity index (χ1v) is 8.72. The molecule has 1 aromatic carbocycles. The van der Waals surface area contributed by atoms with Crippen LogP contribution in [0, 0.1) is 6.92 Å². The van der Waals surface area contributed by atoms with Gasteiger partial charge in [0, 0.05) is 19.5 Å². The van der Waals surface area contributed by atoms with Gasteiger partial charge in [-0.3, -0.25) is 4.99 Å². The molecule has 3 rings (SSSR count). The topological polar surface area (TPSA) is 76.4 Å². The summed E-state index contributed by atoms with van der Waals surface area (Å²) in [5.74, 6) is 2.76. The molecule has 1 aromatic heterocycles. The second-order valence-corrected chi connectivity index (χ2v) is 6.39. The molecule has 1 aliphatic heterocycles. The Bertz CT molecular complexity index is 726. The van der Waals surface area contributed by atoms with Gasteiger partial charge in [0.15, 0.2) is 5.96 Å². The number of hydrogen-bond acceptors (Lipinski definition) is 4. The summed E-state index contributed by atoms with van der Waals surface area (Å²) in [7, 11) is 1.78. The second-order valence-electron chi connectivity index (χ2n) is 6.39. The van der Waals surface area contributed by atoms with E-state index in [4.69, 9.17) is 4.74 Å². The molecule has 0 fully saturated rings. The van der Waals surface area contributed by atoms with Gasteiger partial charge in [-0.1, -0.05) is 18.2 Å². The number of fused-ring (bicyclic) bond motifs is 1. The van der Waals surface area contributed by atoms with Gasteiger partial charge >= 0.3 is 0 Å². The van der Waals surface area contributed by atoms with Gasteiger partial charge in [-0.15, -0.1) is 0 Å². The van der Waals surface area contributed by atoms with Crippen LogP contribution in [0.25, 0.3) is 0 Å². The predicted molar refractivity (Wildman–Crippen MR) is 97.9 cm³/mol. The van der Waals surface area contributed by atoms with Gasteiger partial charge < -0.3 is 15.4 Å².